The highest BCUT2D eigenvalue weighted by atomic mass is 16.8. The molecule has 0 unspecified atom stereocenters. The third-order valence-corrected chi connectivity index (χ3v) is 7.91. The Kier molecular flexibility index (Phi) is 5.17. The van der Waals surface area contributed by atoms with E-state index in [-0.39, 0.29) is 23.7 Å². The van der Waals surface area contributed by atoms with Crippen molar-refractivity contribution in [2.75, 3.05) is 5.32 Å². The van der Waals surface area contributed by atoms with Gasteiger partial charge in [0.2, 0.25) is 0 Å². The predicted molar refractivity (Wildman–Crippen MR) is 134 cm³/mol. The molecule has 6 nitrogen and oxygen atoms in total. The smallest absolute Gasteiger partial charge is 0.413 e. The van der Waals surface area contributed by atoms with Crippen LogP contribution < -0.4 is 5.32 Å². The molecule has 182 valence electrons. The summed E-state index contributed by atoms with van der Waals surface area (Å²) >= 11 is 0. The second kappa shape index (κ2) is 8.04. The number of fused-ring (bicyclic) bond motifs is 1. The van der Waals surface area contributed by atoms with E-state index in [4.69, 9.17) is 14.2 Å². The summed E-state index contributed by atoms with van der Waals surface area (Å²) in [5, 5.41) is 3.79. The molecular weight excluding hydrogens is 440 g/mol. The molecule has 4 atom stereocenters. The maximum Gasteiger partial charge on any atom is 0.413 e. The monoisotopic (exact) mass is 472 g/mol. The number of benzene rings is 2. The molecule has 6 rings (SSSR count). The maximum atomic E-state index is 12.2. The molecule has 0 radical (unpaired) electrons. The number of carbonyl (C=O) groups excluding carboxylic acids is 1. The van der Waals surface area contributed by atoms with Crippen molar-refractivity contribution < 1.29 is 19.0 Å². The van der Waals surface area contributed by atoms with Crippen LogP contribution in [0.3, 0.4) is 0 Å². The first-order valence-electron chi connectivity index (χ1n) is 12.5. The molecule has 3 aromatic rings. The summed E-state index contributed by atoms with van der Waals surface area (Å²) in [4.78, 5) is 16.9. The fourth-order valence-electron chi connectivity index (χ4n) is 6.25. The van der Waals surface area contributed by atoms with Crippen LogP contribution >= 0.6 is 0 Å². The van der Waals surface area contributed by atoms with Crippen molar-refractivity contribution in [2.24, 2.45) is 11.3 Å². The third kappa shape index (κ3) is 4.19. The zero-order valence-corrected chi connectivity index (χ0v) is 20.5. The number of anilines is 1. The first kappa shape index (κ1) is 22.5. The van der Waals surface area contributed by atoms with Crippen LogP contribution in [0.5, 0.6) is 0 Å². The second-order valence-corrected chi connectivity index (χ2v) is 11.1. The summed E-state index contributed by atoms with van der Waals surface area (Å²) in [7, 11) is 0. The van der Waals surface area contributed by atoms with Crippen molar-refractivity contribution in [3.8, 4) is 0 Å². The summed E-state index contributed by atoms with van der Waals surface area (Å²) < 4.78 is 18.1. The van der Waals surface area contributed by atoms with Gasteiger partial charge >= 0.3 is 6.09 Å². The summed E-state index contributed by atoms with van der Waals surface area (Å²) in [6, 6.07) is 19.8. The van der Waals surface area contributed by atoms with Gasteiger partial charge in [-0.1, -0.05) is 49.4 Å². The van der Waals surface area contributed by atoms with Crippen LogP contribution in [0, 0.1) is 11.3 Å². The van der Waals surface area contributed by atoms with E-state index in [0.717, 1.165) is 35.7 Å². The predicted octanol–water partition coefficient (Wildman–Crippen LogP) is 6.24. The molecular formula is C29H32N2O4. The van der Waals surface area contributed by atoms with Gasteiger partial charge in [-0.2, -0.15) is 0 Å². The Morgan fingerprint density at radius 2 is 1.86 bits per heavy atom. The maximum absolute atomic E-state index is 12.2. The molecule has 2 aromatic carbocycles. The molecule has 35 heavy (non-hydrogen) atoms. The second-order valence-electron chi connectivity index (χ2n) is 11.1. The van der Waals surface area contributed by atoms with Crippen LogP contribution in [0.4, 0.5) is 10.6 Å². The topological polar surface area (TPSA) is 69.7 Å². The van der Waals surface area contributed by atoms with E-state index in [1.165, 1.54) is 12.0 Å². The quantitative estimate of drug-likeness (QED) is 0.460. The summed E-state index contributed by atoms with van der Waals surface area (Å²) in [5.74, 6) is 0.628. The minimum atomic E-state index is -0.514. The van der Waals surface area contributed by atoms with Crippen molar-refractivity contribution >= 4 is 22.8 Å². The van der Waals surface area contributed by atoms with Crippen molar-refractivity contribution in [3.05, 3.63) is 71.8 Å². The lowest BCUT2D eigenvalue weighted by molar-refractivity contribution is -0.165. The molecule has 3 fully saturated rings. The van der Waals surface area contributed by atoms with Gasteiger partial charge in [0.1, 0.15) is 18.0 Å². The summed E-state index contributed by atoms with van der Waals surface area (Å²) in [6.45, 7) is 6.65. The zero-order valence-electron chi connectivity index (χ0n) is 20.5. The Morgan fingerprint density at radius 1 is 1.06 bits per heavy atom. The third-order valence-electron chi connectivity index (χ3n) is 7.91. The van der Waals surface area contributed by atoms with Gasteiger partial charge in [0.05, 0.1) is 11.6 Å². The number of aryl methyl sites for hydroxylation is 1. The first-order valence-corrected chi connectivity index (χ1v) is 12.5. The Hall–Kier alpha value is -2.96. The molecule has 0 bridgehead atoms. The molecule has 2 heterocycles. The summed E-state index contributed by atoms with van der Waals surface area (Å²) in [6.07, 6.45) is 3.96. The zero-order chi connectivity index (χ0) is 24.3. The molecule has 1 amide bonds. The Morgan fingerprint density at radius 3 is 2.69 bits per heavy atom. The van der Waals surface area contributed by atoms with E-state index in [1.807, 2.05) is 50.2 Å². The minimum Gasteiger partial charge on any atom is -0.444 e. The SMILES string of the molecule is CC1(C)O[C@@H]2[C@@](C)(CCc3ccc4ccc(NC(=O)OCc5ccccc5)nc4c3)C[C@H]3C[C@@]32O1. The van der Waals surface area contributed by atoms with Crippen molar-refractivity contribution in [1.82, 2.24) is 4.98 Å². The fourth-order valence-corrected chi connectivity index (χ4v) is 6.25. The average Bonchev–Trinajstić information content (AvgIpc) is 3.32. The number of amides is 1. The largest absolute Gasteiger partial charge is 0.444 e. The lowest BCUT2D eigenvalue weighted by Crippen LogP contribution is -2.37. The van der Waals surface area contributed by atoms with Gasteiger partial charge in [-0.05, 0) is 80.2 Å². The standard InChI is InChI=1S/C29H32N2O4/c1-27(2)34-25-28(3,16-22-17-29(22,25)35-27)14-13-19-9-10-21-11-12-24(30-23(21)15-19)31-26(32)33-18-20-7-5-4-6-8-20/h4-12,15,22,25H,13-14,16-18H2,1-3H3,(H,30,31,32)/t22-,25+,28-,29+/m0/s1. The molecule has 1 aromatic heterocycles. The van der Waals surface area contributed by atoms with Crippen molar-refractivity contribution in [3.63, 3.8) is 0 Å². The highest BCUT2D eigenvalue weighted by Gasteiger charge is 2.77. The lowest BCUT2D eigenvalue weighted by Gasteiger charge is -2.33. The molecule has 3 aliphatic rings. The van der Waals surface area contributed by atoms with Crippen LogP contribution in [-0.4, -0.2) is 28.6 Å². The summed E-state index contributed by atoms with van der Waals surface area (Å²) in [5.41, 5.74) is 3.11. The average molecular weight is 473 g/mol. The number of rotatable bonds is 6. The fraction of sp³-hybridized carbons (Fsp3) is 0.448. The van der Waals surface area contributed by atoms with E-state index >= 15 is 0 Å². The van der Waals surface area contributed by atoms with Gasteiger partial charge < -0.3 is 14.2 Å². The number of ether oxygens (including phenoxy) is 3. The number of aromatic nitrogens is 1. The normalized spacial score (nSPS) is 30.0. The number of hydrogen-bond donors (Lipinski definition) is 1. The number of hydrogen-bond acceptors (Lipinski definition) is 5. The molecule has 1 saturated heterocycles. The van der Waals surface area contributed by atoms with Crippen LogP contribution in [0.25, 0.3) is 10.9 Å². The van der Waals surface area contributed by atoms with Gasteiger partial charge in [-0.15, -0.1) is 0 Å². The molecule has 2 aliphatic carbocycles. The highest BCUT2D eigenvalue weighted by Crippen LogP contribution is 2.71. The van der Waals surface area contributed by atoms with Crippen LogP contribution in [0.1, 0.15) is 51.2 Å². The molecule has 1 N–H and O–H groups in total. The molecule has 1 spiro atoms. The van der Waals surface area contributed by atoms with Crippen molar-refractivity contribution in [1.29, 1.82) is 0 Å². The molecule has 2 saturated carbocycles. The van der Waals surface area contributed by atoms with Gasteiger partial charge in [0, 0.05) is 5.39 Å². The van der Waals surface area contributed by atoms with Gasteiger partial charge in [-0.3, -0.25) is 5.32 Å². The van der Waals surface area contributed by atoms with E-state index in [1.54, 1.807) is 6.07 Å². The number of pyridine rings is 1. The van der Waals surface area contributed by atoms with E-state index in [0.29, 0.717) is 11.7 Å². The van der Waals surface area contributed by atoms with Crippen LogP contribution in [-0.2, 0) is 27.2 Å². The van der Waals surface area contributed by atoms with Crippen LogP contribution in [0.2, 0.25) is 0 Å². The molecule has 1 aliphatic heterocycles. The Labute approximate surface area is 206 Å². The first-order chi connectivity index (χ1) is 16.7. The Balaban J connectivity index is 1.11. The van der Waals surface area contributed by atoms with E-state index < -0.39 is 11.9 Å². The minimum absolute atomic E-state index is 0.0428. The van der Waals surface area contributed by atoms with Gasteiger partial charge in [-0.25, -0.2) is 9.78 Å². The van der Waals surface area contributed by atoms with Gasteiger partial charge in [0.15, 0.2) is 5.79 Å². The number of nitrogens with zero attached hydrogens (tertiary/aromatic N) is 1. The van der Waals surface area contributed by atoms with Crippen LogP contribution in [0.15, 0.2) is 60.7 Å². The van der Waals surface area contributed by atoms with E-state index in [2.05, 4.69) is 35.4 Å². The molecule has 6 heteroatoms. The van der Waals surface area contributed by atoms with Gasteiger partial charge in [0.25, 0.3) is 0 Å². The lowest BCUT2D eigenvalue weighted by atomic mass is 9.77. The number of carbonyl (C=O) groups is 1. The van der Waals surface area contributed by atoms with E-state index in [9.17, 15) is 4.79 Å². The number of nitrogens with one attached hydrogen (secondary N) is 1. The van der Waals surface area contributed by atoms with Crippen molar-refractivity contribution in [2.45, 2.75) is 70.6 Å². The highest BCUT2D eigenvalue weighted by molar-refractivity contribution is 5.87. The Bertz CT molecular complexity index is 1280.